The van der Waals surface area contributed by atoms with Gasteiger partial charge in [-0.2, -0.15) is 26.3 Å². The molecule has 0 aromatic heterocycles. The van der Waals surface area contributed by atoms with Crippen molar-refractivity contribution in [2.45, 2.75) is 63.4 Å². The van der Waals surface area contributed by atoms with Crippen LogP contribution in [0.3, 0.4) is 0 Å². The largest absolute Gasteiger partial charge is 0.741 e. The van der Waals surface area contributed by atoms with Crippen LogP contribution in [0.4, 0.5) is 43.6 Å². The Kier molecular flexibility index (Phi) is 27.0. The van der Waals surface area contributed by atoms with Crippen molar-refractivity contribution in [1.82, 2.24) is 0 Å². The zero-order valence-electron chi connectivity index (χ0n) is 38.3. The summed E-state index contributed by atoms with van der Waals surface area (Å²) in [7, 11) is -16.5. The SMILES string of the molecule is CC(C)(C)c1ccc([I+]c2ccc(C(C)(C)C)cc2)cc1.COc1ccc([I+]c2ccccc2)cc1.F[B-](F)(F)F.O=S(=O)([O-])C(F)(F)F.O=S(=O)([O-])C(F)(F)F.c1ccc([I+]c2ccccc2)cc1. The highest BCUT2D eigenvalue weighted by molar-refractivity contribution is 7.86. The van der Waals surface area contributed by atoms with Gasteiger partial charge in [-0.25, -0.2) is 16.8 Å². The maximum atomic E-state index is 10.7. The van der Waals surface area contributed by atoms with Crippen molar-refractivity contribution in [3.05, 3.63) is 196 Å². The van der Waals surface area contributed by atoms with Gasteiger partial charge in [0.25, 0.3) is 0 Å². The van der Waals surface area contributed by atoms with Gasteiger partial charge in [-0.1, -0.05) is 120 Å². The Morgan fingerprint density at radius 3 is 0.757 bits per heavy atom. The van der Waals surface area contributed by atoms with E-state index in [1.165, 1.54) is 32.5 Å². The molecule has 7 nitrogen and oxygen atoms in total. The number of rotatable bonds is 7. The van der Waals surface area contributed by atoms with Crippen LogP contribution in [0.15, 0.2) is 164 Å². The molecule has 0 bridgehead atoms. The molecule has 384 valence electrons. The predicted molar refractivity (Wildman–Crippen MR) is 236 cm³/mol. The van der Waals surface area contributed by atoms with Gasteiger partial charge in [-0.15, -0.1) is 0 Å². The van der Waals surface area contributed by atoms with Crippen LogP contribution in [0, 0.1) is 21.4 Å². The average Bonchev–Trinajstić information content (AvgIpc) is 3.24. The molecule has 0 N–H and O–H groups in total. The smallest absolute Gasteiger partial charge is 0.673 e. The van der Waals surface area contributed by atoms with Crippen LogP contribution in [-0.4, -0.2) is 51.3 Å². The maximum absolute atomic E-state index is 10.7. The molecule has 23 heteroatoms. The van der Waals surface area contributed by atoms with Crippen molar-refractivity contribution in [3.8, 4) is 5.75 Å². The summed E-state index contributed by atoms with van der Waals surface area (Å²) in [6.07, 6.45) is 0. The van der Waals surface area contributed by atoms with Crippen molar-refractivity contribution < 1.29 is 138 Å². The summed E-state index contributed by atoms with van der Waals surface area (Å²) in [5, 5.41) is 0. The lowest BCUT2D eigenvalue weighted by Gasteiger charge is -2.18. The van der Waals surface area contributed by atoms with E-state index < -0.39 is 38.5 Å². The molecule has 6 aromatic carbocycles. The van der Waals surface area contributed by atoms with Crippen molar-refractivity contribution in [2.24, 2.45) is 0 Å². The summed E-state index contributed by atoms with van der Waals surface area (Å²) in [5.41, 5.74) is -7.98. The van der Waals surface area contributed by atoms with E-state index in [1.807, 2.05) is 12.1 Å². The summed E-state index contributed by atoms with van der Waals surface area (Å²) in [6.45, 7) is 13.6. The van der Waals surface area contributed by atoms with E-state index in [2.05, 4.69) is 193 Å². The molecule has 0 radical (unpaired) electrons. The zero-order chi connectivity index (χ0) is 53.6. The second-order valence-electron chi connectivity index (χ2n) is 15.6. The van der Waals surface area contributed by atoms with Gasteiger partial charge in [-0.05, 0) is 107 Å². The minimum atomic E-state index is -6.09. The molecule has 6 rings (SSSR count). The van der Waals surface area contributed by atoms with E-state index in [0.717, 1.165) is 5.75 Å². The fourth-order valence-corrected chi connectivity index (χ4v) is 11.1. The molecule has 6 aromatic rings. The molecular weight excluding hydrogens is 1320 g/mol. The zero-order valence-corrected chi connectivity index (χ0v) is 46.4. The van der Waals surface area contributed by atoms with Crippen molar-refractivity contribution in [3.63, 3.8) is 0 Å². The van der Waals surface area contributed by atoms with Gasteiger partial charge in [-0.3, -0.25) is 0 Å². The molecule has 0 heterocycles. The number of halogens is 13. The molecule has 0 aliphatic heterocycles. The molecule has 0 unspecified atom stereocenters. The number of alkyl halides is 6. The van der Waals surface area contributed by atoms with E-state index in [4.69, 9.17) is 30.7 Å². The van der Waals surface area contributed by atoms with Crippen LogP contribution in [0.1, 0.15) is 52.7 Å². The summed E-state index contributed by atoms with van der Waals surface area (Å²) >= 11 is -0.0866. The second-order valence-corrected chi connectivity index (χ2v) is 27.5. The Balaban J connectivity index is 0.000000445. The number of hydrogen-bond acceptors (Lipinski definition) is 7. The predicted octanol–water partition coefficient (Wildman–Crippen LogP) is 3.45. The Bertz CT molecular complexity index is 2480. The van der Waals surface area contributed by atoms with Crippen LogP contribution < -0.4 is 68.4 Å². The first-order chi connectivity index (χ1) is 32.0. The van der Waals surface area contributed by atoms with E-state index in [-0.39, 0.29) is 74.4 Å². The third-order valence-electron chi connectivity index (χ3n) is 7.89. The molecule has 0 amide bonds. The minimum absolute atomic E-state index is 0.0287. The van der Waals surface area contributed by atoms with E-state index in [1.54, 1.807) is 7.11 Å². The van der Waals surface area contributed by atoms with E-state index in [0.29, 0.717) is 0 Å². The van der Waals surface area contributed by atoms with Gasteiger partial charge in [0.1, 0.15) is 5.75 Å². The Labute approximate surface area is 434 Å². The third-order valence-corrected chi connectivity index (χ3v) is 17.1. The van der Waals surface area contributed by atoms with Crippen LogP contribution in [-0.2, 0) is 31.1 Å². The normalized spacial score (nSPS) is 11.8. The lowest BCUT2D eigenvalue weighted by atomic mass is 9.87. The fraction of sp³-hybridized carbons (Fsp3) is 0.234. The first-order valence-electron chi connectivity index (χ1n) is 19.9. The standard InChI is InChI=1S/C20H26I.C13H12IO.C12H10I.2CHF3O3S.BF4/c1-19(2,3)15-7-11-17(12-8-15)21-18-13-9-16(10-14-18)20(4,5)6;1-15-13-9-7-12(8-10-13)14-11-5-3-2-4-6-11;1-3-7-11(8-4-1)13-12-9-5-2-6-10-12;2*2-1(3,4)8(5,6)7;2-1(3,4)5/h7-14H,1-6H3;2-10H,1H3;1-10H;2*(H,5,6,7);/q3*+1;;;-1/p-2. The highest BCUT2D eigenvalue weighted by atomic mass is 127. The van der Waals surface area contributed by atoms with Gasteiger partial charge in [0.05, 0.1) is 7.11 Å². The molecule has 0 fully saturated rings. The number of benzene rings is 6. The lowest BCUT2D eigenvalue weighted by molar-refractivity contribution is -0.597. The third kappa shape index (κ3) is 29.1. The topological polar surface area (TPSA) is 124 Å². The molecule has 0 atom stereocenters. The summed E-state index contributed by atoms with van der Waals surface area (Å²) in [6, 6.07) is 58.8. The van der Waals surface area contributed by atoms with Crippen molar-refractivity contribution in [1.29, 1.82) is 0 Å². The van der Waals surface area contributed by atoms with Crippen LogP contribution in [0.5, 0.6) is 5.75 Å². The Morgan fingerprint density at radius 1 is 0.400 bits per heavy atom. The Morgan fingerprint density at radius 2 is 0.586 bits per heavy atom. The molecular formula is C47H48BF10I3O7S2. The second kappa shape index (κ2) is 29.3. The van der Waals surface area contributed by atoms with Crippen LogP contribution in [0.2, 0.25) is 0 Å². The summed E-state index contributed by atoms with van der Waals surface area (Å²) in [4.78, 5) is 0. The van der Waals surface area contributed by atoms with Crippen LogP contribution in [0.25, 0.3) is 0 Å². The fourth-order valence-electron chi connectivity index (χ4n) is 4.47. The van der Waals surface area contributed by atoms with E-state index >= 15 is 0 Å². The average molecular weight is 1370 g/mol. The lowest BCUT2D eigenvalue weighted by Crippen LogP contribution is -3.61. The Hall–Kier alpha value is -3.51. The van der Waals surface area contributed by atoms with Gasteiger partial charge in [0.15, 0.2) is 41.7 Å². The molecule has 0 aliphatic rings. The van der Waals surface area contributed by atoms with Crippen LogP contribution >= 0.6 is 0 Å². The highest BCUT2D eigenvalue weighted by Gasteiger charge is 2.37. The molecule has 0 aliphatic carbocycles. The van der Waals surface area contributed by atoms with E-state index in [9.17, 15) is 43.6 Å². The van der Waals surface area contributed by atoms with Gasteiger partial charge in [0.2, 0.25) is 0 Å². The van der Waals surface area contributed by atoms with Gasteiger partial charge in [0, 0.05) is 0 Å². The number of ether oxygens (including phenoxy) is 1. The minimum Gasteiger partial charge on any atom is -0.741 e. The van der Waals surface area contributed by atoms with Crippen molar-refractivity contribution >= 4 is 27.5 Å². The van der Waals surface area contributed by atoms with Gasteiger partial charge < -0.3 is 31.1 Å². The highest BCUT2D eigenvalue weighted by Crippen LogP contribution is 2.23. The molecule has 0 saturated carbocycles. The molecule has 0 spiro atoms. The quantitative estimate of drug-likeness (QED) is 0.0790. The summed E-state index contributed by atoms with van der Waals surface area (Å²) in [5.74, 6) is 0.927. The summed E-state index contributed by atoms with van der Waals surface area (Å²) < 4.78 is 171. The van der Waals surface area contributed by atoms with Gasteiger partial charge >= 0.3 is 81.9 Å². The first-order valence-corrected chi connectivity index (χ1v) is 29.1. The number of hydrogen-bond donors (Lipinski definition) is 0. The van der Waals surface area contributed by atoms with Crippen molar-refractivity contribution in [2.75, 3.05) is 7.11 Å². The first kappa shape index (κ1) is 64.5. The molecule has 70 heavy (non-hydrogen) atoms. The molecule has 0 saturated heterocycles. The number of methoxy groups -OCH3 is 1. The maximum Gasteiger partial charge on any atom is 0.673 e. The monoisotopic (exact) mass is 1370 g/mol.